The van der Waals surface area contributed by atoms with Gasteiger partial charge in [-0.1, -0.05) is 24.3 Å². The van der Waals surface area contributed by atoms with Crippen molar-refractivity contribution in [2.24, 2.45) is 0 Å². The van der Waals surface area contributed by atoms with Crippen LogP contribution in [0.25, 0.3) is 10.9 Å². The Kier molecular flexibility index (Phi) is 3.23. The Labute approximate surface area is 138 Å². The number of H-pyrrole nitrogens is 1. The molecule has 1 aromatic heterocycles. The fourth-order valence-electron chi connectivity index (χ4n) is 3.11. The van der Waals surface area contributed by atoms with Crippen LogP contribution in [0.2, 0.25) is 0 Å². The molecule has 3 aromatic rings. The number of benzene rings is 2. The lowest BCUT2D eigenvalue weighted by Crippen LogP contribution is -2.42. The van der Waals surface area contributed by atoms with Crippen molar-refractivity contribution in [2.45, 2.75) is 12.5 Å². The molecule has 0 radical (unpaired) electrons. The second-order valence-corrected chi connectivity index (χ2v) is 5.85. The van der Waals surface area contributed by atoms with Gasteiger partial charge in [-0.3, -0.25) is 9.59 Å². The van der Waals surface area contributed by atoms with E-state index in [-0.39, 0.29) is 11.8 Å². The average Bonchev–Trinajstić information content (AvgIpc) is 2.92. The molecule has 0 fully saturated rings. The first-order valence-electron chi connectivity index (χ1n) is 7.68. The number of amides is 2. The van der Waals surface area contributed by atoms with E-state index < -0.39 is 6.04 Å². The lowest BCUT2D eigenvalue weighted by Gasteiger charge is -2.14. The Bertz CT molecular complexity index is 961. The van der Waals surface area contributed by atoms with Gasteiger partial charge in [0.15, 0.2) is 0 Å². The summed E-state index contributed by atoms with van der Waals surface area (Å²) >= 11 is 0. The summed E-state index contributed by atoms with van der Waals surface area (Å²) in [5.41, 5.74) is 8.96. The van der Waals surface area contributed by atoms with Gasteiger partial charge in [-0.15, -0.1) is 0 Å². The SMILES string of the molecule is Nc1cccc2c1C(=O)N[C@H](Cc1c[nH]c3ccccc13)C(=O)N2. The predicted molar refractivity (Wildman–Crippen MR) is 92.7 cm³/mol. The molecule has 4 rings (SSSR count). The topological polar surface area (TPSA) is 100 Å². The Hall–Kier alpha value is -3.28. The van der Waals surface area contributed by atoms with E-state index in [4.69, 9.17) is 5.73 Å². The van der Waals surface area contributed by atoms with Crippen molar-refractivity contribution in [2.75, 3.05) is 11.1 Å². The van der Waals surface area contributed by atoms with Gasteiger partial charge in [-0.2, -0.15) is 0 Å². The molecule has 5 N–H and O–H groups in total. The number of aromatic amines is 1. The monoisotopic (exact) mass is 320 g/mol. The zero-order valence-corrected chi connectivity index (χ0v) is 12.8. The number of hydrogen-bond acceptors (Lipinski definition) is 3. The van der Waals surface area contributed by atoms with Crippen molar-refractivity contribution in [1.82, 2.24) is 10.3 Å². The summed E-state index contributed by atoms with van der Waals surface area (Å²) in [6.07, 6.45) is 2.27. The van der Waals surface area contributed by atoms with Crippen molar-refractivity contribution in [3.63, 3.8) is 0 Å². The van der Waals surface area contributed by atoms with E-state index in [9.17, 15) is 9.59 Å². The maximum Gasteiger partial charge on any atom is 0.256 e. The van der Waals surface area contributed by atoms with E-state index in [0.29, 0.717) is 23.4 Å². The first-order chi connectivity index (χ1) is 11.6. The minimum atomic E-state index is -0.663. The molecule has 2 heterocycles. The van der Waals surface area contributed by atoms with Crippen LogP contribution in [0, 0.1) is 0 Å². The van der Waals surface area contributed by atoms with Gasteiger partial charge < -0.3 is 21.4 Å². The van der Waals surface area contributed by atoms with E-state index in [2.05, 4.69) is 15.6 Å². The number of rotatable bonds is 2. The summed E-state index contributed by atoms with van der Waals surface area (Å²) in [6.45, 7) is 0. The van der Waals surface area contributed by atoms with Crippen LogP contribution < -0.4 is 16.4 Å². The number of hydrogen-bond donors (Lipinski definition) is 4. The molecule has 0 bridgehead atoms. The zero-order chi connectivity index (χ0) is 16.7. The first-order valence-corrected chi connectivity index (χ1v) is 7.68. The molecule has 6 heteroatoms. The molecule has 2 aromatic carbocycles. The summed E-state index contributed by atoms with van der Waals surface area (Å²) in [5, 5.41) is 6.62. The molecule has 6 nitrogen and oxygen atoms in total. The number of aromatic nitrogens is 1. The molecule has 0 spiro atoms. The zero-order valence-electron chi connectivity index (χ0n) is 12.8. The first kappa shape index (κ1) is 14.3. The minimum Gasteiger partial charge on any atom is -0.398 e. The molecule has 0 saturated carbocycles. The lowest BCUT2D eigenvalue weighted by molar-refractivity contribution is -0.117. The van der Waals surface area contributed by atoms with Crippen LogP contribution in [0.1, 0.15) is 15.9 Å². The van der Waals surface area contributed by atoms with Crippen LogP contribution >= 0.6 is 0 Å². The minimum absolute atomic E-state index is 0.252. The van der Waals surface area contributed by atoms with E-state index >= 15 is 0 Å². The quantitative estimate of drug-likeness (QED) is 0.544. The summed E-state index contributed by atoms with van der Waals surface area (Å²) in [7, 11) is 0. The number of anilines is 2. The van der Waals surface area contributed by atoms with Crippen molar-refractivity contribution in [3.05, 3.63) is 59.8 Å². The molecular formula is C18H16N4O2. The third-order valence-electron chi connectivity index (χ3n) is 4.30. The Morgan fingerprint density at radius 2 is 1.88 bits per heavy atom. The number of fused-ring (bicyclic) bond motifs is 2. The molecule has 2 amide bonds. The van der Waals surface area contributed by atoms with Crippen molar-refractivity contribution in [1.29, 1.82) is 0 Å². The van der Waals surface area contributed by atoms with Crippen LogP contribution in [-0.2, 0) is 11.2 Å². The van der Waals surface area contributed by atoms with Crippen molar-refractivity contribution >= 4 is 34.1 Å². The second kappa shape index (κ2) is 5.42. The number of para-hydroxylation sites is 1. The molecular weight excluding hydrogens is 304 g/mol. The van der Waals surface area contributed by atoms with Gasteiger partial charge in [0, 0.05) is 29.2 Å². The number of carbonyl (C=O) groups is 2. The van der Waals surface area contributed by atoms with Gasteiger partial charge in [0.2, 0.25) is 5.91 Å². The number of nitrogens with one attached hydrogen (secondary N) is 3. The van der Waals surface area contributed by atoms with Gasteiger partial charge in [0.1, 0.15) is 6.04 Å². The van der Waals surface area contributed by atoms with E-state index in [1.54, 1.807) is 18.2 Å². The standard InChI is InChI=1S/C18H16N4O2/c19-12-5-3-7-14-16(12)18(24)22-15(17(23)21-14)8-10-9-20-13-6-2-1-4-11(10)13/h1-7,9,15,20H,8,19H2,(H,21,23)(H,22,24)/t15-/m1/s1. The third kappa shape index (κ3) is 2.28. The molecule has 0 saturated heterocycles. The van der Waals surface area contributed by atoms with Gasteiger partial charge in [-0.05, 0) is 23.8 Å². The van der Waals surface area contributed by atoms with Gasteiger partial charge in [0.05, 0.1) is 11.3 Å². The van der Waals surface area contributed by atoms with Crippen LogP contribution in [0.4, 0.5) is 11.4 Å². The molecule has 0 aliphatic carbocycles. The lowest BCUT2D eigenvalue weighted by atomic mass is 10.0. The van der Waals surface area contributed by atoms with E-state index in [1.807, 2.05) is 30.5 Å². The van der Waals surface area contributed by atoms with Crippen LogP contribution in [0.15, 0.2) is 48.7 Å². The fourth-order valence-corrected chi connectivity index (χ4v) is 3.11. The molecule has 120 valence electrons. The van der Waals surface area contributed by atoms with Gasteiger partial charge in [-0.25, -0.2) is 0 Å². The highest BCUT2D eigenvalue weighted by atomic mass is 16.2. The van der Waals surface area contributed by atoms with Gasteiger partial charge >= 0.3 is 0 Å². The highest BCUT2D eigenvalue weighted by Gasteiger charge is 2.29. The number of carbonyl (C=O) groups excluding carboxylic acids is 2. The van der Waals surface area contributed by atoms with Gasteiger partial charge in [0.25, 0.3) is 5.91 Å². The molecule has 1 aliphatic rings. The maximum atomic E-state index is 12.5. The number of nitrogen functional groups attached to an aromatic ring is 1. The van der Waals surface area contributed by atoms with E-state index in [0.717, 1.165) is 16.5 Å². The molecule has 1 atom stereocenters. The largest absolute Gasteiger partial charge is 0.398 e. The molecule has 1 aliphatic heterocycles. The third-order valence-corrected chi connectivity index (χ3v) is 4.30. The highest BCUT2D eigenvalue weighted by molar-refractivity contribution is 6.12. The van der Waals surface area contributed by atoms with Crippen LogP contribution in [0.3, 0.4) is 0 Å². The maximum absolute atomic E-state index is 12.5. The molecule has 0 unspecified atom stereocenters. The smallest absolute Gasteiger partial charge is 0.256 e. The predicted octanol–water partition coefficient (Wildman–Crippen LogP) is 2.04. The fraction of sp³-hybridized carbons (Fsp3) is 0.111. The van der Waals surface area contributed by atoms with Crippen molar-refractivity contribution in [3.8, 4) is 0 Å². The summed E-state index contributed by atoms with van der Waals surface area (Å²) in [5.74, 6) is -0.593. The summed E-state index contributed by atoms with van der Waals surface area (Å²) in [4.78, 5) is 28.2. The highest BCUT2D eigenvalue weighted by Crippen LogP contribution is 2.26. The summed E-state index contributed by atoms with van der Waals surface area (Å²) in [6, 6.07) is 12.2. The molecule has 24 heavy (non-hydrogen) atoms. The van der Waals surface area contributed by atoms with Crippen LogP contribution in [0.5, 0.6) is 0 Å². The summed E-state index contributed by atoms with van der Waals surface area (Å²) < 4.78 is 0. The Morgan fingerprint density at radius 1 is 1.04 bits per heavy atom. The average molecular weight is 320 g/mol. The number of nitrogens with two attached hydrogens (primary N) is 1. The second-order valence-electron chi connectivity index (χ2n) is 5.85. The Morgan fingerprint density at radius 3 is 2.75 bits per heavy atom. The van der Waals surface area contributed by atoms with Crippen LogP contribution in [-0.4, -0.2) is 22.8 Å². The van der Waals surface area contributed by atoms with Crippen molar-refractivity contribution < 1.29 is 9.59 Å². The Balaban J connectivity index is 1.67. The normalized spacial score (nSPS) is 17.1. The van der Waals surface area contributed by atoms with E-state index in [1.165, 1.54) is 0 Å².